The molecule has 10 heteroatoms. The van der Waals surface area contributed by atoms with Crippen LogP contribution >= 0.6 is 0 Å². The second kappa shape index (κ2) is 8.35. The highest BCUT2D eigenvalue weighted by Gasteiger charge is 2.35. The van der Waals surface area contributed by atoms with Gasteiger partial charge in [0.1, 0.15) is 24.9 Å². The lowest BCUT2D eigenvalue weighted by Crippen LogP contribution is -2.45. The molecule has 0 spiro atoms. The normalized spacial score (nSPS) is 18.9. The molecule has 1 saturated heterocycles. The average molecular weight is 428 g/mol. The van der Waals surface area contributed by atoms with Gasteiger partial charge in [0.2, 0.25) is 5.60 Å². The van der Waals surface area contributed by atoms with Crippen molar-refractivity contribution in [3.8, 4) is 0 Å². The summed E-state index contributed by atoms with van der Waals surface area (Å²) in [7, 11) is 0. The van der Waals surface area contributed by atoms with Crippen molar-refractivity contribution in [2.45, 2.75) is 51.2 Å². The van der Waals surface area contributed by atoms with Crippen LogP contribution in [0.4, 0.5) is 18.0 Å². The molecule has 1 aliphatic heterocycles. The van der Waals surface area contributed by atoms with Crippen LogP contribution in [0.2, 0.25) is 0 Å². The number of benzene rings is 1. The number of amides is 1. The summed E-state index contributed by atoms with van der Waals surface area (Å²) in [6.07, 6.45) is -5.80. The van der Waals surface area contributed by atoms with Gasteiger partial charge in [-0.1, -0.05) is 0 Å². The van der Waals surface area contributed by atoms with Gasteiger partial charge in [0, 0.05) is 20.4 Å². The molecular weight excluding hydrogens is 403 g/mol. The zero-order chi connectivity index (χ0) is 22.1. The maximum absolute atomic E-state index is 13.1. The number of alkyl halides is 3. The Labute approximate surface area is 172 Å². The fraction of sp³-hybridized carbons (Fsp3) is 0.550. The molecule has 1 aliphatic rings. The van der Waals surface area contributed by atoms with E-state index in [1.807, 2.05) is 6.92 Å². The third-order valence-corrected chi connectivity index (χ3v) is 4.56. The number of aryl methyl sites for hydroxylation is 1. The van der Waals surface area contributed by atoms with Gasteiger partial charge >= 0.3 is 12.3 Å². The highest BCUT2D eigenvalue weighted by Crippen LogP contribution is 2.33. The van der Waals surface area contributed by atoms with Crippen LogP contribution < -0.4 is 5.32 Å². The van der Waals surface area contributed by atoms with E-state index >= 15 is 0 Å². The highest BCUT2D eigenvalue weighted by molar-refractivity contribution is 5.77. The molecule has 30 heavy (non-hydrogen) atoms. The van der Waals surface area contributed by atoms with Crippen LogP contribution in [0.15, 0.2) is 18.2 Å². The number of halogens is 3. The molecule has 0 radical (unpaired) electrons. The Morgan fingerprint density at radius 2 is 2.13 bits per heavy atom. The first-order valence-electron chi connectivity index (χ1n) is 9.61. The topological polar surface area (TPSA) is 74.6 Å². The van der Waals surface area contributed by atoms with Gasteiger partial charge in [-0.25, -0.2) is 9.78 Å². The maximum atomic E-state index is 13.1. The quantitative estimate of drug-likeness (QED) is 0.732. The number of carbonyl (C=O) groups excluding carboxylic acids is 1. The first-order chi connectivity index (χ1) is 14.0. The van der Waals surface area contributed by atoms with Crippen molar-refractivity contribution < 1.29 is 32.2 Å². The number of hydrogen-bond acceptors (Lipinski definition) is 5. The van der Waals surface area contributed by atoms with Crippen LogP contribution in [0.3, 0.4) is 0 Å². The molecule has 1 fully saturated rings. The third kappa shape index (κ3) is 4.99. The number of rotatable bonds is 5. The molecule has 2 heterocycles. The lowest BCUT2D eigenvalue weighted by molar-refractivity contribution is -0.137. The summed E-state index contributed by atoms with van der Waals surface area (Å²) in [6, 6.07) is 2.60. The molecule has 3 rings (SSSR count). The Kier molecular flexibility index (Phi) is 6.19. The van der Waals surface area contributed by atoms with Gasteiger partial charge in [0.25, 0.3) is 0 Å². The summed E-state index contributed by atoms with van der Waals surface area (Å²) in [5.41, 5.74) is -1.06. The van der Waals surface area contributed by atoms with E-state index in [9.17, 15) is 18.0 Å². The summed E-state index contributed by atoms with van der Waals surface area (Å²) in [5, 5.41) is 2.73. The van der Waals surface area contributed by atoms with Crippen molar-refractivity contribution in [3.63, 3.8) is 0 Å². The Morgan fingerprint density at radius 3 is 2.70 bits per heavy atom. The predicted octanol–water partition coefficient (Wildman–Crippen LogP) is 3.87. The number of alkyl carbamates (subject to hydrolysis) is 1. The first kappa shape index (κ1) is 22.2. The van der Waals surface area contributed by atoms with Crippen molar-refractivity contribution in [1.29, 1.82) is 0 Å². The number of aromatic nitrogens is 2. The van der Waals surface area contributed by atoms with Crippen LogP contribution in [0.5, 0.6) is 0 Å². The van der Waals surface area contributed by atoms with Crippen molar-refractivity contribution in [2.75, 3.05) is 19.8 Å². The van der Waals surface area contributed by atoms with Crippen LogP contribution in [0, 0.1) is 6.92 Å². The fourth-order valence-electron chi connectivity index (χ4n) is 3.32. The zero-order valence-corrected chi connectivity index (χ0v) is 17.1. The minimum atomic E-state index is -4.48. The number of nitrogens with zero attached hydrogens (tertiary/aromatic N) is 2. The highest BCUT2D eigenvalue weighted by atomic mass is 19.4. The van der Waals surface area contributed by atoms with E-state index in [1.54, 1.807) is 18.4 Å². The molecule has 164 valence electrons. The fourth-order valence-corrected chi connectivity index (χ4v) is 3.32. The molecule has 1 aromatic heterocycles. The third-order valence-electron chi connectivity index (χ3n) is 4.56. The van der Waals surface area contributed by atoms with Crippen molar-refractivity contribution in [2.24, 2.45) is 0 Å². The summed E-state index contributed by atoms with van der Waals surface area (Å²) in [4.78, 5) is 16.9. The SMILES string of the molecule is [CH2+]C(C)(C)OC(=O)N[C@H](c1nc2cc(C(F)(F)F)ccc2n1CC)[C@H]1COCCO1. The van der Waals surface area contributed by atoms with Crippen LogP contribution in [-0.2, 0) is 26.9 Å². The van der Waals surface area contributed by atoms with E-state index in [1.165, 1.54) is 6.07 Å². The molecule has 0 saturated carbocycles. The number of fused-ring (bicyclic) bond motifs is 1. The molecular formula is C20H25F3N3O4+. The van der Waals surface area contributed by atoms with Gasteiger partial charge in [-0.15, -0.1) is 0 Å². The van der Waals surface area contributed by atoms with E-state index < -0.39 is 35.6 Å². The van der Waals surface area contributed by atoms with E-state index in [4.69, 9.17) is 14.2 Å². The number of nitrogens with one attached hydrogen (secondary N) is 1. The Morgan fingerprint density at radius 1 is 1.40 bits per heavy atom. The second-order valence-electron chi connectivity index (χ2n) is 7.67. The molecule has 7 nitrogen and oxygen atoms in total. The van der Waals surface area contributed by atoms with E-state index in [2.05, 4.69) is 17.2 Å². The van der Waals surface area contributed by atoms with Gasteiger partial charge < -0.3 is 24.1 Å². The van der Waals surface area contributed by atoms with Crippen molar-refractivity contribution >= 4 is 17.1 Å². The van der Waals surface area contributed by atoms with E-state index in [-0.39, 0.29) is 12.1 Å². The second-order valence-corrected chi connectivity index (χ2v) is 7.67. The summed E-state index contributed by atoms with van der Waals surface area (Å²) >= 11 is 0. The molecule has 1 aromatic carbocycles. The maximum Gasteiger partial charge on any atom is 0.416 e. The van der Waals surface area contributed by atoms with Crippen molar-refractivity contribution in [1.82, 2.24) is 14.9 Å². The lowest BCUT2D eigenvalue weighted by atomic mass is 10.1. The summed E-state index contributed by atoms with van der Waals surface area (Å²) in [6.45, 7) is 10.2. The predicted molar refractivity (Wildman–Crippen MR) is 103 cm³/mol. The largest absolute Gasteiger partial charge is 0.416 e. The van der Waals surface area contributed by atoms with Crippen molar-refractivity contribution in [3.05, 3.63) is 36.5 Å². The summed E-state index contributed by atoms with van der Waals surface area (Å²) in [5.74, 6) is 0.362. The van der Waals surface area contributed by atoms with Gasteiger partial charge in [-0.2, -0.15) is 13.2 Å². The number of imidazole rings is 1. The minimum Gasteiger partial charge on any atom is -0.403 e. The van der Waals surface area contributed by atoms with Gasteiger partial charge in [-0.3, -0.25) is 0 Å². The standard InChI is InChI=1S/C20H24F3N3O4/c1-5-26-14-7-6-12(20(21,22)23)10-13(14)24-17(26)16(15-11-28-8-9-29-15)25-18(27)30-19(2,3)4/h6-7,10,15-16H,2,5,8-9,11H2,1,3-4H3/p+1/t15-,16+/m1/s1. The van der Waals surface area contributed by atoms with E-state index in [0.29, 0.717) is 31.1 Å². The Balaban J connectivity index is 2.03. The smallest absolute Gasteiger partial charge is 0.403 e. The molecule has 0 aliphatic carbocycles. The zero-order valence-electron chi connectivity index (χ0n) is 17.1. The average Bonchev–Trinajstić information content (AvgIpc) is 3.02. The summed E-state index contributed by atoms with van der Waals surface area (Å²) < 4.78 is 57.6. The van der Waals surface area contributed by atoms with Crippen LogP contribution in [0.1, 0.15) is 38.2 Å². The van der Waals surface area contributed by atoms with Gasteiger partial charge in [-0.05, 0) is 25.1 Å². The molecule has 2 aromatic rings. The van der Waals surface area contributed by atoms with Crippen LogP contribution in [-0.4, -0.2) is 47.2 Å². The lowest BCUT2D eigenvalue weighted by Gasteiger charge is -2.31. The Bertz CT molecular complexity index is 899. The van der Waals surface area contributed by atoms with Gasteiger partial charge in [0.15, 0.2) is 0 Å². The molecule has 0 bridgehead atoms. The van der Waals surface area contributed by atoms with E-state index in [0.717, 1.165) is 12.1 Å². The monoisotopic (exact) mass is 428 g/mol. The molecule has 1 N–H and O–H groups in total. The Hall–Kier alpha value is -2.46. The van der Waals surface area contributed by atoms with Crippen LogP contribution in [0.25, 0.3) is 11.0 Å². The van der Waals surface area contributed by atoms with Gasteiger partial charge in [0.05, 0.1) is 36.4 Å². The molecule has 0 unspecified atom stereocenters. The first-order valence-corrected chi connectivity index (χ1v) is 9.61. The number of carbonyl (C=O) groups is 1. The molecule has 2 atom stereocenters. The molecule has 1 amide bonds. The minimum absolute atomic E-state index is 0.177. The number of hydrogen-bond donors (Lipinski definition) is 1. The number of ether oxygens (including phenoxy) is 3.